The van der Waals surface area contributed by atoms with Crippen molar-refractivity contribution >= 4 is 46.6 Å². The van der Waals surface area contributed by atoms with Crippen LogP contribution >= 0.6 is 23.2 Å². The SMILES string of the molecule is C.COC(=O)c1ccc(C2C[C@H]3[C@@H](N2)[C@H](c2cccc(Cl)c2F)[C@]2(C(=O)Nc4nc(Cl)ccc42)N3CC2CC2)c(N)c1. The van der Waals surface area contributed by atoms with Crippen molar-refractivity contribution < 1.29 is 18.7 Å². The van der Waals surface area contributed by atoms with Crippen molar-refractivity contribution in [2.75, 3.05) is 24.7 Å². The lowest BCUT2D eigenvalue weighted by Gasteiger charge is -2.40. The van der Waals surface area contributed by atoms with Gasteiger partial charge in [0.15, 0.2) is 0 Å². The molecule has 4 heterocycles. The number of amides is 1. The molecule has 2 aromatic carbocycles. The molecule has 1 amide bonds. The Morgan fingerprint density at radius 1 is 1.19 bits per heavy atom. The minimum absolute atomic E-state index is 0. The molecular weight excluding hydrogens is 580 g/mol. The summed E-state index contributed by atoms with van der Waals surface area (Å²) in [6.07, 6.45) is 2.78. The summed E-state index contributed by atoms with van der Waals surface area (Å²) in [4.78, 5) is 33.0. The molecule has 3 aromatic rings. The molecule has 3 aliphatic heterocycles. The van der Waals surface area contributed by atoms with Crippen LogP contribution in [0.5, 0.6) is 0 Å². The Balaban J connectivity index is 0.00000316. The van der Waals surface area contributed by atoms with E-state index in [1.54, 1.807) is 30.3 Å². The number of likely N-dealkylation sites (tertiary alicyclic amines) is 1. The Morgan fingerprint density at radius 2 is 1.98 bits per heavy atom. The standard InChI is InChI=1S/C30H28Cl2FN5O3.CH4/c1-41-28(39)15-7-8-16(20(34)11-15)21-12-22-26(35-21)24(17-3-2-4-19(31)25(17)33)30(38(22)13-14-5-6-14)18-9-10-23(32)36-27(18)37-29(30)40;/h2-4,7-11,14,21-22,24,26,35H,5-6,12-13,34H2,1H3,(H,36,37,40);1H4/t21?,22-,24-,26+,30+;/m0./s1. The summed E-state index contributed by atoms with van der Waals surface area (Å²) in [6, 6.07) is 13.0. The van der Waals surface area contributed by atoms with E-state index in [1.165, 1.54) is 13.2 Å². The summed E-state index contributed by atoms with van der Waals surface area (Å²) in [7, 11) is 1.33. The number of carbonyl (C=O) groups is 2. The molecule has 1 saturated carbocycles. The summed E-state index contributed by atoms with van der Waals surface area (Å²) < 4.78 is 20.8. The number of benzene rings is 2. The summed E-state index contributed by atoms with van der Waals surface area (Å²) in [6.45, 7) is 0.681. The van der Waals surface area contributed by atoms with E-state index in [0.717, 1.165) is 18.4 Å². The van der Waals surface area contributed by atoms with Crippen molar-refractivity contribution in [2.45, 2.75) is 56.3 Å². The highest BCUT2D eigenvalue weighted by Crippen LogP contribution is 2.61. The quantitative estimate of drug-likeness (QED) is 0.194. The third-order valence-electron chi connectivity index (χ3n) is 9.15. The van der Waals surface area contributed by atoms with Crippen molar-refractivity contribution in [3.05, 3.63) is 86.8 Å². The Hall–Kier alpha value is -3.24. The number of ether oxygens (including phenoxy) is 1. The van der Waals surface area contributed by atoms with Crippen LogP contribution in [-0.4, -0.2) is 47.5 Å². The molecule has 5 atom stereocenters. The number of rotatable bonds is 5. The molecule has 1 aliphatic carbocycles. The first kappa shape index (κ1) is 28.9. The molecule has 1 unspecified atom stereocenters. The van der Waals surface area contributed by atoms with Gasteiger partial charge in [-0.2, -0.15) is 0 Å². The van der Waals surface area contributed by atoms with Crippen LogP contribution in [0.25, 0.3) is 0 Å². The number of nitrogens with zero attached hydrogens (tertiary/aromatic N) is 2. The van der Waals surface area contributed by atoms with Gasteiger partial charge in [0.2, 0.25) is 0 Å². The lowest BCUT2D eigenvalue weighted by Crippen LogP contribution is -2.53. The van der Waals surface area contributed by atoms with Crippen molar-refractivity contribution in [1.82, 2.24) is 15.2 Å². The number of methoxy groups -OCH3 is 1. The maximum absolute atomic E-state index is 15.9. The topological polar surface area (TPSA) is 110 Å². The fourth-order valence-electron chi connectivity index (χ4n) is 7.29. The van der Waals surface area contributed by atoms with Gasteiger partial charge in [0.05, 0.1) is 17.7 Å². The van der Waals surface area contributed by atoms with Crippen LogP contribution in [0, 0.1) is 11.7 Å². The van der Waals surface area contributed by atoms with Crippen LogP contribution in [0.3, 0.4) is 0 Å². The zero-order valence-corrected chi connectivity index (χ0v) is 23.7. The molecule has 3 fully saturated rings. The average molecular weight is 613 g/mol. The number of nitrogens with two attached hydrogens (primary N) is 1. The number of pyridine rings is 1. The number of fused-ring (bicyclic) bond motifs is 3. The molecule has 220 valence electrons. The number of nitrogen functional groups attached to an aromatic ring is 1. The number of anilines is 2. The maximum atomic E-state index is 15.9. The number of hydrogen-bond acceptors (Lipinski definition) is 7. The van der Waals surface area contributed by atoms with E-state index in [4.69, 9.17) is 33.7 Å². The Bertz CT molecular complexity index is 1600. The van der Waals surface area contributed by atoms with Gasteiger partial charge in [-0.1, -0.05) is 48.8 Å². The monoisotopic (exact) mass is 611 g/mol. The average Bonchev–Trinajstić information content (AvgIpc) is 3.52. The van der Waals surface area contributed by atoms with Crippen molar-refractivity contribution in [2.24, 2.45) is 5.92 Å². The number of esters is 1. The summed E-state index contributed by atoms with van der Waals surface area (Å²) in [5, 5.41) is 6.97. The lowest BCUT2D eigenvalue weighted by atomic mass is 9.74. The van der Waals surface area contributed by atoms with Gasteiger partial charge in [0.1, 0.15) is 22.3 Å². The van der Waals surface area contributed by atoms with Crippen molar-refractivity contribution in [3.63, 3.8) is 0 Å². The smallest absolute Gasteiger partial charge is 0.337 e. The molecule has 1 aromatic heterocycles. The first-order valence-corrected chi connectivity index (χ1v) is 14.4. The Morgan fingerprint density at radius 3 is 2.69 bits per heavy atom. The van der Waals surface area contributed by atoms with E-state index in [9.17, 15) is 9.59 Å². The highest BCUT2D eigenvalue weighted by molar-refractivity contribution is 6.31. The van der Waals surface area contributed by atoms with Crippen LogP contribution in [0.2, 0.25) is 10.2 Å². The zero-order valence-electron chi connectivity index (χ0n) is 22.2. The fraction of sp³-hybridized carbons (Fsp3) is 0.387. The molecular formula is C31H32Cl2FN5O3. The molecule has 2 saturated heterocycles. The minimum atomic E-state index is -1.21. The second-order valence-electron chi connectivity index (χ2n) is 11.4. The van der Waals surface area contributed by atoms with Gasteiger partial charge in [-0.25, -0.2) is 14.2 Å². The molecule has 0 bridgehead atoms. The maximum Gasteiger partial charge on any atom is 0.337 e. The molecule has 0 radical (unpaired) electrons. The van der Waals surface area contributed by atoms with Crippen molar-refractivity contribution in [1.29, 1.82) is 0 Å². The molecule has 8 nitrogen and oxygen atoms in total. The summed E-state index contributed by atoms with van der Waals surface area (Å²) >= 11 is 12.5. The number of hydrogen-bond donors (Lipinski definition) is 3. The Kier molecular flexibility index (Phi) is 7.20. The van der Waals surface area contributed by atoms with Crippen molar-refractivity contribution in [3.8, 4) is 0 Å². The first-order chi connectivity index (χ1) is 19.7. The molecule has 1 spiro atoms. The van der Waals surface area contributed by atoms with Gasteiger partial charge in [-0.05, 0) is 66.6 Å². The molecule has 4 N–H and O–H groups in total. The van der Waals surface area contributed by atoms with Crippen LogP contribution in [-0.2, 0) is 15.1 Å². The highest BCUT2D eigenvalue weighted by atomic mass is 35.5. The minimum Gasteiger partial charge on any atom is -0.465 e. The zero-order chi connectivity index (χ0) is 28.6. The van der Waals surface area contributed by atoms with E-state index >= 15 is 4.39 Å². The lowest BCUT2D eigenvalue weighted by molar-refractivity contribution is -0.128. The molecule has 7 rings (SSSR count). The predicted molar refractivity (Wildman–Crippen MR) is 160 cm³/mol. The second-order valence-corrected chi connectivity index (χ2v) is 12.1. The van der Waals surface area contributed by atoms with E-state index in [0.29, 0.717) is 47.1 Å². The highest BCUT2D eigenvalue weighted by Gasteiger charge is 2.69. The van der Waals surface area contributed by atoms with Gasteiger partial charge < -0.3 is 21.1 Å². The normalized spacial score (nSPS) is 27.9. The van der Waals surface area contributed by atoms with Crippen LogP contribution in [0.15, 0.2) is 48.5 Å². The van der Waals surface area contributed by atoms with Crippen LogP contribution < -0.4 is 16.4 Å². The first-order valence-electron chi connectivity index (χ1n) is 13.7. The van der Waals surface area contributed by atoms with E-state index in [2.05, 4.69) is 20.5 Å². The summed E-state index contributed by atoms with van der Waals surface area (Å²) in [5.74, 6) is -1.04. The van der Waals surface area contributed by atoms with Gasteiger partial charge in [0.25, 0.3) is 5.91 Å². The third kappa shape index (κ3) is 4.20. The van der Waals surface area contributed by atoms with Gasteiger partial charge in [0, 0.05) is 41.8 Å². The number of carbonyl (C=O) groups excluding carboxylic acids is 2. The largest absolute Gasteiger partial charge is 0.465 e. The number of aromatic nitrogens is 1. The van der Waals surface area contributed by atoms with Crippen LogP contribution in [0.1, 0.15) is 65.7 Å². The predicted octanol–water partition coefficient (Wildman–Crippen LogP) is 5.66. The Labute approximate surface area is 253 Å². The molecule has 42 heavy (non-hydrogen) atoms. The number of halogens is 3. The van der Waals surface area contributed by atoms with E-state index < -0.39 is 23.2 Å². The molecule has 4 aliphatic rings. The van der Waals surface area contributed by atoms with E-state index in [-0.39, 0.29) is 41.6 Å². The second kappa shape index (κ2) is 10.5. The number of nitrogens with one attached hydrogen (secondary N) is 2. The van der Waals surface area contributed by atoms with E-state index in [1.807, 2.05) is 12.1 Å². The molecule has 11 heteroatoms. The fourth-order valence-corrected chi connectivity index (χ4v) is 7.62. The third-order valence-corrected chi connectivity index (χ3v) is 9.65. The van der Waals surface area contributed by atoms with Crippen LogP contribution in [0.4, 0.5) is 15.9 Å². The van der Waals surface area contributed by atoms with Gasteiger partial charge in [-0.3, -0.25) is 9.69 Å². The summed E-state index contributed by atoms with van der Waals surface area (Å²) in [5.41, 5.74) is 7.95. The van der Waals surface area contributed by atoms with Gasteiger partial charge >= 0.3 is 5.97 Å². The van der Waals surface area contributed by atoms with Gasteiger partial charge in [-0.15, -0.1) is 0 Å².